The Balaban J connectivity index is 2.37. The molecule has 0 spiro atoms. The number of hydrogen-bond acceptors (Lipinski definition) is 4. The molecular formula is C12H16N2O4S. The predicted molar refractivity (Wildman–Crippen MR) is 70.6 cm³/mol. The Labute approximate surface area is 111 Å². The molecule has 0 aromatic heterocycles. The fraction of sp³-hybridized carbons (Fsp3) is 0.417. The maximum Gasteiger partial charge on any atom is 0.337 e. The molecule has 4 N–H and O–H groups in total. The summed E-state index contributed by atoms with van der Waals surface area (Å²) in [7, 11) is -3.90. The van der Waals surface area contributed by atoms with E-state index >= 15 is 0 Å². The Morgan fingerprint density at radius 2 is 2.05 bits per heavy atom. The molecule has 7 heteroatoms. The Kier molecular flexibility index (Phi) is 3.06. The van der Waals surface area contributed by atoms with Crippen LogP contribution >= 0.6 is 0 Å². The Hall–Kier alpha value is -1.60. The summed E-state index contributed by atoms with van der Waals surface area (Å²) in [6.07, 6.45) is 0.947. The third kappa shape index (κ3) is 2.87. The molecule has 0 aliphatic heterocycles. The van der Waals surface area contributed by atoms with Crippen molar-refractivity contribution in [1.29, 1.82) is 0 Å². The van der Waals surface area contributed by atoms with Crippen molar-refractivity contribution in [2.75, 3.05) is 5.32 Å². The molecule has 1 aliphatic rings. The van der Waals surface area contributed by atoms with Crippen LogP contribution in [0.5, 0.6) is 0 Å². The zero-order chi connectivity index (χ0) is 14.4. The number of sulfonamides is 1. The van der Waals surface area contributed by atoms with Crippen LogP contribution in [0.15, 0.2) is 23.1 Å². The molecule has 1 aliphatic carbocycles. The number of anilines is 1. The highest BCUT2D eigenvalue weighted by Crippen LogP contribution is 2.46. The minimum absolute atomic E-state index is 0.0887. The molecule has 19 heavy (non-hydrogen) atoms. The molecule has 0 bridgehead atoms. The van der Waals surface area contributed by atoms with Crippen molar-refractivity contribution in [3.05, 3.63) is 23.8 Å². The highest BCUT2D eigenvalue weighted by Gasteiger charge is 2.46. The van der Waals surface area contributed by atoms with Crippen molar-refractivity contribution in [2.24, 2.45) is 10.6 Å². The van der Waals surface area contributed by atoms with E-state index in [1.165, 1.54) is 12.1 Å². The first-order valence-corrected chi connectivity index (χ1v) is 7.32. The minimum atomic E-state index is -3.90. The third-order valence-electron chi connectivity index (χ3n) is 3.39. The molecule has 104 valence electrons. The van der Waals surface area contributed by atoms with Crippen LogP contribution in [0.2, 0.25) is 0 Å². The van der Waals surface area contributed by atoms with Gasteiger partial charge in [0.05, 0.1) is 10.5 Å². The summed E-state index contributed by atoms with van der Waals surface area (Å²) in [5.74, 6) is -1.19. The number of carbonyl (C=O) groups is 1. The van der Waals surface area contributed by atoms with Gasteiger partial charge in [-0.15, -0.1) is 0 Å². The SMILES string of the molecule is CC1(C)CC1Nc1ccc(S(N)(=O)=O)cc1C(=O)O. The first-order valence-electron chi connectivity index (χ1n) is 5.78. The van der Waals surface area contributed by atoms with E-state index in [1.54, 1.807) is 0 Å². The highest BCUT2D eigenvalue weighted by molar-refractivity contribution is 7.89. The average molecular weight is 284 g/mol. The number of rotatable bonds is 4. The van der Waals surface area contributed by atoms with Gasteiger partial charge in [0.25, 0.3) is 0 Å². The molecule has 1 aromatic carbocycles. The largest absolute Gasteiger partial charge is 0.478 e. The average Bonchev–Trinajstić information content (AvgIpc) is 2.84. The van der Waals surface area contributed by atoms with Gasteiger partial charge in [-0.3, -0.25) is 0 Å². The third-order valence-corrected chi connectivity index (χ3v) is 4.30. The summed E-state index contributed by atoms with van der Waals surface area (Å²) in [4.78, 5) is 11.0. The normalized spacial score (nSPS) is 20.9. The predicted octanol–water partition coefficient (Wildman–Crippen LogP) is 1.24. The molecule has 1 atom stereocenters. The van der Waals surface area contributed by atoms with E-state index in [4.69, 9.17) is 10.2 Å². The first kappa shape index (κ1) is 13.8. The van der Waals surface area contributed by atoms with Crippen LogP contribution in [0, 0.1) is 5.41 Å². The number of aromatic carboxylic acids is 1. The van der Waals surface area contributed by atoms with Gasteiger partial charge in [0.15, 0.2) is 0 Å². The lowest BCUT2D eigenvalue weighted by Gasteiger charge is -2.12. The standard InChI is InChI=1S/C12H16N2O4S/c1-12(2)6-10(12)14-9-4-3-7(19(13,17)18)5-8(9)11(15)16/h3-5,10,14H,6H2,1-2H3,(H,15,16)(H2,13,17,18). The van der Waals surface area contributed by atoms with Gasteiger partial charge < -0.3 is 10.4 Å². The highest BCUT2D eigenvalue weighted by atomic mass is 32.2. The maximum atomic E-state index is 11.2. The van der Waals surface area contributed by atoms with E-state index in [1.807, 2.05) is 0 Å². The molecule has 0 radical (unpaired) electrons. The van der Waals surface area contributed by atoms with Gasteiger partial charge in [-0.2, -0.15) is 0 Å². The lowest BCUT2D eigenvalue weighted by atomic mass is 10.1. The van der Waals surface area contributed by atoms with E-state index < -0.39 is 16.0 Å². The monoisotopic (exact) mass is 284 g/mol. The smallest absolute Gasteiger partial charge is 0.337 e. The van der Waals surface area contributed by atoms with Crippen molar-refractivity contribution in [2.45, 2.75) is 31.2 Å². The van der Waals surface area contributed by atoms with E-state index in [0.29, 0.717) is 5.69 Å². The summed E-state index contributed by atoms with van der Waals surface area (Å²) < 4.78 is 22.4. The number of hydrogen-bond donors (Lipinski definition) is 3. The molecule has 2 rings (SSSR count). The zero-order valence-electron chi connectivity index (χ0n) is 10.7. The molecule has 1 unspecified atom stereocenters. The van der Waals surface area contributed by atoms with Crippen molar-refractivity contribution in [3.63, 3.8) is 0 Å². The second-order valence-electron chi connectivity index (χ2n) is 5.45. The van der Waals surface area contributed by atoms with Gasteiger partial charge >= 0.3 is 5.97 Å². The van der Waals surface area contributed by atoms with Crippen LogP contribution in [-0.4, -0.2) is 25.5 Å². The fourth-order valence-electron chi connectivity index (χ4n) is 1.90. The maximum absolute atomic E-state index is 11.2. The molecule has 1 fully saturated rings. The van der Waals surface area contributed by atoms with Crippen molar-refractivity contribution in [1.82, 2.24) is 0 Å². The zero-order valence-corrected chi connectivity index (χ0v) is 11.5. The van der Waals surface area contributed by atoms with E-state index in [9.17, 15) is 13.2 Å². The number of nitrogens with two attached hydrogens (primary N) is 1. The van der Waals surface area contributed by atoms with E-state index in [0.717, 1.165) is 12.5 Å². The lowest BCUT2D eigenvalue weighted by Crippen LogP contribution is -2.16. The van der Waals surface area contributed by atoms with Gasteiger partial charge in [0.2, 0.25) is 10.0 Å². The fourth-order valence-corrected chi connectivity index (χ4v) is 2.44. The van der Waals surface area contributed by atoms with E-state index in [-0.39, 0.29) is 21.9 Å². The minimum Gasteiger partial charge on any atom is -0.478 e. The Bertz CT molecular complexity index is 637. The van der Waals surface area contributed by atoms with Gasteiger partial charge in [-0.05, 0) is 30.0 Å². The Morgan fingerprint density at radius 3 is 2.47 bits per heavy atom. The van der Waals surface area contributed by atoms with E-state index in [2.05, 4.69) is 19.2 Å². The Morgan fingerprint density at radius 1 is 1.47 bits per heavy atom. The van der Waals surface area contributed by atoms with Gasteiger partial charge in [0, 0.05) is 11.7 Å². The van der Waals surface area contributed by atoms with Crippen molar-refractivity contribution < 1.29 is 18.3 Å². The molecule has 1 aromatic rings. The van der Waals surface area contributed by atoms with Gasteiger partial charge in [0.1, 0.15) is 0 Å². The van der Waals surface area contributed by atoms with Gasteiger partial charge in [-0.25, -0.2) is 18.4 Å². The number of nitrogens with one attached hydrogen (secondary N) is 1. The van der Waals surface area contributed by atoms with Crippen LogP contribution in [0.1, 0.15) is 30.6 Å². The number of carboxylic acids is 1. The summed E-state index contributed by atoms with van der Waals surface area (Å²) in [5, 5.41) is 17.3. The van der Waals surface area contributed by atoms with Crippen LogP contribution in [0.25, 0.3) is 0 Å². The number of benzene rings is 1. The second-order valence-corrected chi connectivity index (χ2v) is 7.01. The first-order chi connectivity index (χ1) is 8.61. The van der Waals surface area contributed by atoms with Crippen LogP contribution in [0.3, 0.4) is 0 Å². The van der Waals surface area contributed by atoms with Crippen LogP contribution < -0.4 is 10.5 Å². The summed E-state index contributed by atoms with van der Waals surface area (Å²) in [6, 6.07) is 4.03. The topological polar surface area (TPSA) is 109 Å². The molecule has 6 nitrogen and oxygen atoms in total. The van der Waals surface area contributed by atoms with Crippen molar-refractivity contribution in [3.8, 4) is 0 Å². The number of primary sulfonamides is 1. The second kappa shape index (κ2) is 4.21. The van der Waals surface area contributed by atoms with Crippen molar-refractivity contribution >= 4 is 21.7 Å². The molecule has 0 amide bonds. The summed E-state index contributed by atoms with van der Waals surface area (Å²) >= 11 is 0. The quantitative estimate of drug-likeness (QED) is 0.770. The molecule has 0 heterocycles. The molecule has 0 saturated heterocycles. The lowest BCUT2D eigenvalue weighted by molar-refractivity contribution is 0.0697. The summed E-state index contributed by atoms with van der Waals surface area (Å²) in [6.45, 7) is 4.15. The molecular weight excluding hydrogens is 268 g/mol. The number of carboxylic acid groups (broad SMARTS) is 1. The van der Waals surface area contributed by atoms with Crippen LogP contribution in [0.4, 0.5) is 5.69 Å². The molecule has 1 saturated carbocycles. The van der Waals surface area contributed by atoms with Gasteiger partial charge in [-0.1, -0.05) is 13.8 Å². The van der Waals surface area contributed by atoms with Crippen LogP contribution in [-0.2, 0) is 10.0 Å². The summed E-state index contributed by atoms with van der Waals surface area (Å²) in [5.41, 5.74) is 0.457.